The van der Waals surface area contributed by atoms with E-state index in [9.17, 15) is 13.2 Å². The van der Waals surface area contributed by atoms with Gasteiger partial charge in [0.25, 0.3) is 0 Å². The fraction of sp³-hybridized carbons (Fsp3) is 0.462. The van der Waals surface area contributed by atoms with Gasteiger partial charge in [-0.05, 0) is 30.9 Å². The molecule has 0 aliphatic heterocycles. The van der Waals surface area contributed by atoms with Gasteiger partial charge in [-0.1, -0.05) is 6.92 Å². The molecule has 0 spiro atoms. The van der Waals surface area contributed by atoms with Crippen LogP contribution in [0.3, 0.4) is 0 Å². The molecule has 0 heterocycles. The molecule has 118 valence electrons. The van der Waals surface area contributed by atoms with Crippen molar-refractivity contribution in [2.45, 2.75) is 24.3 Å². The second-order valence-corrected chi connectivity index (χ2v) is 7.02. The van der Waals surface area contributed by atoms with Crippen LogP contribution in [-0.4, -0.2) is 39.5 Å². The summed E-state index contributed by atoms with van der Waals surface area (Å²) in [6, 6.07) is 3.86. The number of nitrogen functional groups attached to an aromatic ring is 1. The number of rotatable bonds is 7. The highest BCUT2D eigenvalue weighted by Crippen LogP contribution is 2.20. The van der Waals surface area contributed by atoms with Gasteiger partial charge in [0.1, 0.15) is 0 Å². The van der Waals surface area contributed by atoms with Crippen molar-refractivity contribution < 1.29 is 17.9 Å². The highest BCUT2D eigenvalue weighted by Gasteiger charge is 2.25. The van der Waals surface area contributed by atoms with Crippen LogP contribution in [0.5, 0.6) is 0 Å². The second-order valence-electron chi connectivity index (χ2n) is 4.43. The Morgan fingerprint density at radius 3 is 2.67 bits per heavy atom. The molecule has 1 aromatic carbocycles. The van der Waals surface area contributed by atoms with Gasteiger partial charge >= 0.3 is 5.97 Å². The molecule has 1 aromatic rings. The third kappa shape index (κ3) is 4.62. The van der Waals surface area contributed by atoms with E-state index in [1.807, 2.05) is 13.2 Å². The van der Waals surface area contributed by atoms with Gasteiger partial charge in [-0.15, -0.1) is 0 Å². The van der Waals surface area contributed by atoms with Gasteiger partial charge in [0.05, 0.1) is 17.6 Å². The molecule has 0 aromatic heterocycles. The molecule has 0 saturated heterocycles. The van der Waals surface area contributed by atoms with Gasteiger partial charge in [-0.2, -0.15) is 11.8 Å². The first-order valence-corrected chi connectivity index (χ1v) is 9.22. The minimum absolute atomic E-state index is 0.0657. The van der Waals surface area contributed by atoms with E-state index in [1.165, 1.54) is 25.3 Å². The highest BCUT2D eigenvalue weighted by atomic mass is 32.2. The fourth-order valence-corrected chi connectivity index (χ4v) is 4.09. The molecule has 0 aliphatic carbocycles. The van der Waals surface area contributed by atoms with Crippen LogP contribution < -0.4 is 10.5 Å². The summed E-state index contributed by atoms with van der Waals surface area (Å²) in [5, 5.41) is 0. The van der Waals surface area contributed by atoms with Gasteiger partial charge in [-0.25, -0.2) is 17.9 Å². The predicted octanol–water partition coefficient (Wildman–Crippen LogP) is 1.48. The molecule has 0 saturated carbocycles. The van der Waals surface area contributed by atoms with Crippen LogP contribution >= 0.6 is 11.8 Å². The first-order chi connectivity index (χ1) is 9.85. The van der Waals surface area contributed by atoms with E-state index in [2.05, 4.69) is 9.46 Å². The lowest BCUT2D eigenvalue weighted by atomic mass is 10.2. The predicted molar refractivity (Wildman–Crippen MR) is 85.0 cm³/mol. The lowest BCUT2D eigenvalue weighted by Gasteiger charge is -2.17. The monoisotopic (exact) mass is 332 g/mol. The number of esters is 1. The van der Waals surface area contributed by atoms with Crippen LogP contribution in [-0.2, 0) is 14.8 Å². The number of methoxy groups -OCH3 is 1. The molecule has 0 aliphatic rings. The van der Waals surface area contributed by atoms with Crippen molar-refractivity contribution in [1.82, 2.24) is 4.72 Å². The molecule has 0 fully saturated rings. The maximum absolute atomic E-state index is 12.5. The summed E-state index contributed by atoms with van der Waals surface area (Å²) < 4.78 is 32.1. The van der Waals surface area contributed by atoms with Crippen LogP contribution in [0.2, 0.25) is 0 Å². The standard InChI is InChI=1S/C13H20N2O4S2/c1-4-10(8-20-3)15-21(17,18)12-6-5-9(14)7-11(12)13(16)19-2/h5-7,10,15H,4,8,14H2,1-3H3. The number of carbonyl (C=O) groups is 1. The number of nitrogens with two attached hydrogens (primary N) is 1. The lowest BCUT2D eigenvalue weighted by molar-refractivity contribution is 0.0596. The van der Waals surface area contributed by atoms with Crippen LogP contribution in [0.4, 0.5) is 5.69 Å². The number of benzene rings is 1. The molecular formula is C13H20N2O4S2. The Hall–Kier alpha value is -1.25. The maximum atomic E-state index is 12.5. The van der Waals surface area contributed by atoms with Gasteiger partial charge < -0.3 is 10.5 Å². The topological polar surface area (TPSA) is 98.5 Å². The second kappa shape index (κ2) is 7.67. The average molecular weight is 332 g/mol. The zero-order chi connectivity index (χ0) is 16.0. The smallest absolute Gasteiger partial charge is 0.339 e. The number of sulfonamides is 1. The van der Waals surface area contributed by atoms with Crippen molar-refractivity contribution in [3.8, 4) is 0 Å². The van der Waals surface area contributed by atoms with Crippen LogP contribution in [0, 0.1) is 0 Å². The zero-order valence-electron chi connectivity index (χ0n) is 12.3. The Morgan fingerprint density at radius 2 is 2.14 bits per heavy atom. The molecule has 0 bridgehead atoms. The van der Waals surface area contributed by atoms with Gasteiger partial charge in [0, 0.05) is 17.5 Å². The van der Waals surface area contributed by atoms with Crippen LogP contribution in [0.25, 0.3) is 0 Å². The Kier molecular flexibility index (Phi) is 6.50. The van der Waals surface area contributed by atoms with Crippen molar-refractivity contribution in [2.24, 2.45) is 0 Å². The number of nitrogens with one attached hydrogen (secondary N) is 1. The molecule has 3 N–H and O–H groups in total. The van der Waals surface area contributed by atoms with E-state index in [-0.39, 0.29) is 16.5 Å². The molecule has 8 heteroatoms. The molecule has 6 nitrogen and oxygen atoms in total. The summed E-state index contributed by atoms with van der Waals surface area (Å²) in [6.07, 6.45) is 2.56. The van der Waals surface area contributed by atoms with E-state index < -0.39 is 16.0 Å². The first kappa shape index (κ1) is 17.8. The summed E-state index contributed by atoms with van der Waals surface area (Å²) in [7, 11) is -2.62. The number of thioether (sulfide) groups is 1. The van der Waals surface area contributed by atoms with E-state index in [4.69, 9.17) is 5.73 Å². The van der Waals surface area contributed by atoms with Gasteiger partial charge in [0.15, 0.2) is 0 Å². The quantitative estimate of drug-likeness (QED) is 0.579. The Balaban J connectivity index is 3.22. The van der Waals surface area contributed by atoms with Crippen molar-refractivity contribution in [2.75, 3.05) is 24.9 Å². The van der Waals surface area contributed by atoms with Crippen LogP contribution in [0.15, 0.2) is 23.1 Å². The lowest BCUT2D eigenvalue weighted by Crippen LogP contribution is -2.36. The number of hydrogen-bond acceptors (Lipinski definition) is 6. The molecule has 1 atom stereocenters. The molecular weight excluding hydrogens is 312 g/mol. The minimum atomic E-state index is -3.82. The van der Waals surface area contributed by atoms with E-state index in [0.29, 0.717) is 17.9 Å². The Labute approximate surface area is 129 Å². The minimum Gasteiger partial charge on any atom is -0.465 e. The van der Waals surface area contributed by atoms with E-state index >= 15 is 0 Å². The molecule has 21 heavy (non-hydrogen) atoms. The van der Waals surface area contributed by atoms with E-state index in [1.54, 1.807) is 11.8 Å². The molecule has 0 radical (unpaired) electrons. The van der Waals surface area contributed by atoms with Gasteiger partial charge in [0.2, 0.25) is 10.0 Å². The van der Waals surface area contributed by atoms with Crippen molar-refractivity contribution in [1.29, 1.82) is 0 Å². The summed E-state index contributed by atoms with van der Waals surface area (Å²) in [5.41, 5.74) is 5.84. The summed E-state index contributed by atoms with van der Waals surface area (Å²) in [6.45, 7) is 1.90. The fourth-order valence-electron chi connectivity index (χ4n) is 1.77. The van der Waals surface area contributed by atoms with E-state index in [0.717, 1.165) is 0 Å². The van der Waals surface area contributed by atoms with Crippen molar-refractivity contribution in [3.05, 3.63) is 23.8 Å². The zero-order valence-corrected chi connectivity index (χ0v) is 13.9. The third-order valence-electron chi connectivity index (χ3n) is 2.88. The highest BCUT2D eigenvalue weighted by molar-refractivity contribution is 7.98. The number of hydrogen-bond donors (Lipinski definition) is 2. The largest absolute Gasteiger partial charge is 0.465 e. The third-order valence-corrected chi connectivity index (χ3v) is 5.20. The first-order valence-electron chi connectivity index (χ1n) is 6.34. The SMILES string of the molecule is CCC(CSC)NS(=O)(=O)c1ccc(N)cc1C(=O)OC. The molecule has 1 rings (SSSR count). The van der Waals surface area contributed by atoms with Crippen molar-refractivity contribution >= 4 is 33.4 Å². The van der Waals surface area contributed by atoms with Crippen LogP contribution in [0.1, 0.15) is 23.7 Å². The van der Waals surface area contributed by atoms with Gasteiger partial charge in [-0.3, -0.25) is 0 Å². The average Bonchev–Trinajstić information content (AvgIpc) is 2.45. The van der Waals surface area contributed by atoms with Crippen molar-refractivity contribution in [3.63, 3.8) is 0 Å². The summed E-state index contributed by atoms with van der Waals surface area (Å²) >= 11 is 1.55. The number of ether oxygens (including phenoxy) is 1. The Morgan fingerprint density at radius 1 is 1.48 bits per heavy atom. The summed E-state index contributed by atoms with van der Waals surface area (Å²) in [5.74, 6) is -0.0845. The number of carbonyl (C=O) groups excluding carboxylic acids is 1. The summed E-state index contributed by atoms with van der Waals surface area (Å²) in [4.78, 5) is 11.6. The normalized spacial score (nSPS) is 12.9. The number of anilines is 1. The molecule has 0 amide bonds. The maximum Gasteiger partial charge on any atom is 0.339 e. The molecule has 1 unspecified atom stereocenters. The Bertz CT molecular complexity index is 602.